The van der Waals surface area contributed by atoms with Gasteiger partial charge in [0.25, 0.3) is 0 Å². The molecule has 0 saturated carbocycles. The lowest BCUT2D eigenvalue weighted by atomic mass is 10.0. The number of nitrogens with zero attached hydrogens (tertiary/aromatic N) is 1. The lowest BCUT2D eigenvalue weighted by Crippen LogP contribution is -2.30. The standard InChI is InChI=1S/C22H23FN4O2S/c1-2-15-6-3-4-7-18(15)20(28)19-14-26-22(30-19)25-13-5-12-24-21(29)27-17-10-8-16(23)9-11-17/h3-4,6-11,14H,2,5,12-13H2,1H3,(H,25,26)(H2,24,27,29). The number of carbonyl (C=O) groups is 2. The Bertz CT molecular complexity index is 1000. The number of aromatic nitrogens is 1. The van der Waals surface area contributed by atoms with Gasteiger partial charge in [0.1, 0.15) is 5.82 Å². The summed E-state index contributed by atoms with van der Waals surface area (Å²) in [6.45, 7) is 3.09. The van der Waals surface area contributed by atoms with Gasteiger partial charge in [-0.05, 0) is 42.7 Å². The molecule has 30 heavy (non-hydrogen) atoms. The Balaban J connectivity index is 1.41. The average Bonchev–Trinajstić information content (AvgIpc) is 3.23. The van der Waals surface area contributed by atoms with E-state index in [0.29, 0.717) is 40.8 Å². The van der Waals surface area contributed by atoms with E-state index in [-0.39, 0.29) is 17.6 Å². The van der Waals surface area contributed by atoms with Crippen molar-refractivity contribution in [3.63, 3.8) is 0 Å². The van der Waals surface area contributed by atoms with Crippen molar-refractivity contribution in [3.8, 4) is 0 Å². The highest BCUT2D eigenvalue weighted by Gasteiger charge is 2.15. The molecule has 6 nitrogen and oxygen atoms in total. The number of ketones is 1. The fourth-order valence-electron chi connectivity index (χ4n) is 2.84. The number of benzene rings is 2. The molecule has 1 heterocycles. The zero-order valence-corrected chi connectivity index (χ0v) is 17.4. The molecule has 0 radical (unpaired) electrons. The second-order valence-electron chi connectivity index (χ2n) is 6.54. The van der Waals surface area contributed by atoms with Gasteiger partial charge in [0.2, 0.25) is 5.78 Å². The first kappa shape index (κ1) is 21.4. The Morgan fingerprint density at radius 1 is 1.07 bits per heavy atom. The van der Waals surface area contributed by atoms with Gasteiger partial charge < -0.3 is 16.0 Å². The molecule has 0 aliphatic rings. The van der Waals surface area contributed by atoms with Crippen LogP contribution in [0, 0.1) is 5.82 Å². The van der Waals surface area contributed by atoms with Crippen LogP contribution in [0.25, 0.3) is 0 Å². The number of thiazole rings is 1. The summed E-state index contributed by atoms with van der Waals surface area (Å²) in [5.41, 5.74) is 2.26. The van der Waals surface area contributed by atoms with Crippen LogP contribution >= 0.6 is 11.3 Å². The number of hydrogen-bond donors (Lipinski definition) is 3. The van der Waals surface area contributed by atoms with Crippen LogP contribution in [0.5, 0.6) is 0 Å². The summed E-state index contributed by atoms with van der Waals surface area (Å²) in [5, 5.41) is 9.21. The Morgan fingerprint density at radius 2 is 1.83 bits per heavy atom. The van der Waals surface area contributed by atoms with Gasteiger partial charge in [0.15, 0.2) is 5.13 Å². The monoisotopic (exact) mass is 426 g/mol. The molecule has 156 valence electrons. The van der Waals surface area contributed by atoms with Crippen molar-refractivity contribution in [2.45, 2.75) is 19.8 Å². The zero-order valence-electron chi connectivity index (χ0n) is 16.6. The second kappa shape index (κ2) is 10.5. The smallest absolute Gasteiger partial charge is 0.319 e. The fraction of sp³-hybridized carbons (Fsp3) is 0.227. The van der Waals surface area contributed by atoms with Gasteiger partial charge >= 0.3 is 6.03 Å². The predicted molar refractivity (Wildman–Crippen MR) is 118 cm³/mol. The number of urea groups is 1. The molecule has 0 aliphatic heterocycles. The molecular weight excluding hydrogens is 403 g/mol. The maximum absolute atomic E-state index is 12.9. The van der Waals surface area contributed by atoms with Gasteiger partial charge in [0, 0.05) is 24.3 Å². The minimum Gasteiger partial charge on any atom is -0.361 e. The molecule has 3 rings (SSSR count). The van der Waals surface area contributed by atoms with Crippen LogP contribution in [-0.4, -0.2) is 29.9 Å². The third-order valence-corrected chi connectivity index (χ3v) is 5.34. The number of aryl methyl sites for hydroxylation is 1. The molecule has 1 aromatic heterocycles. The number of halogens is 1. The van der Waals surface area contributed by atoms with Crippen molar-refractivity contribution in [3.05, 3.63) is 76.5 Å². The largest absolute Gasteiger partial charge is 0.361 e. The van der Waals surface area contributed by atoms with Crippen molar-refractivity contribution in [1.29, 1.82) is 0 Å². The van der Waals surface area contributed by atoms with Gasteiger partial charge in [-0.15, -0.1) is 0 Å². The van der Waals surface area contributed by atoms with Crippen molar-refractivity contribution in [2.75, 3.05) is 23.7 Å². The van der Waals surface area contributed by atoms with Crippen molar-refractivity contribution in [2.24, 2.45) is 0 Å². The average molecular weight is 427 g/mol. The lowest BCUT2D eigenvalue weighted by Gasteiger charge is -2.08. The number of anilines is 2. The molecule has 3 N–H and O–H groups in total. The summed E-state index contributed by atoms with van der Waals surface area (Å²) in [5.74, 6) is -0.370. The van der Waals surface area contributed by atoms with Gasteiger partial charge in [-0.3, -0.25) is 4.79 Å². The normalized spacial score (nSPS) is 10.5. The Labute approximate surface area is 178 Å². The zero-order chi connectivity index (χ0) is 21.3. The molecule has 0 fully saturated rings. The van der Waals surface area contributed by atoms with E-state index in [9.17, 15) is 14.0 Å². The molecule has 2 amide bonds. The summed E-state index contributed by atoms with van der Waals surface area (Å²) in [4.78, 5) is 29.4. The Morgan fingerprint density at radius 3 is 2.60 bits per heavy atom. The highest BCUT2D eigenvalue weighted by atomic mass is 32.1. The summed E-state index contributed by atoms with van der Waals surface area (Å²) >= 11 is 1.32. The maximum atomic E-state index is 12.9. The maximum Gasteiger partial charge on any atom is 0.319 e. The van der Waals surface area contributed by atoms with E-state index in [4.69, 9.17) is 0 Å². The van der Waals surface area contributed by atoms with Gasteiger partial charge in [-0.1, -0.05) is 42.5 Å². The summed E-state index contributed by atoms with van der Waals surface area (Å²) in [6, 6.07) is 12.8. The van der Waals surface area contributed by atoms with Crippen LogP contribution in [0.1, 0.15) is 34.1 Å². The van der Waals surface area contributed by atoms with Gasteiger partial charge in [-0.25, -0.2) is 14.2 Å². The number of carbonyl (C=O) groups excluding carboxylic acids is 2. The van der Waals surface area contributed by atoms with E-state index in [2.05, 4.69) is 20.9 Å². The molecule has 0 aliphatic carbocycles. The van der Waals surface area contributed by atoms with Gasteiger partial charge in [-0.2, -0.15) is 0 Å². The van der Waals surface area contributed by atoms with Gasteiger partial charge in [0.05, 0.1) is 11.1 Å². The quantitative estimate of drug-likeness (QED) is 0.342. The Hall–Kier alpha value is -3.26. The third-order valence-electron chi connectivity index (χ3n) is 4.39. The second-order valence-corrected chi connectivity index (χ2v) is 7.57. The van der Waals surface area contributed by atoms with E-state index >= 15 is 0 Å². The summed E-state index contributed by atoms with van der Waals surface area (Å²) < 4.78 is 12.9. The van der Waals surface area contributed by atoms with Crippen molar-refractivity contribution >= 4 is 34.0 Å². The Kier molecular flexibility index (Phi) is 7.51. The van der Waals surface area contributed by atoms with E-state index < -0.39 is 0 Å². The van der Waals surface area contributed by atoms with E-state index in [1.807, 2.05) is 31.2 Å². The van der Waals surface area contributed by atoms with E-state index in [1.54, 1.807) is 6.20 Å². The highest BCUT2D eigenvalue weighted by molar-refractivity contribution is 7.17. The molecule has 0 atom stereocenters. The van der Waals surface area contributed by atoms with E-state index in [0.717, 1.165) is 12.0 Å². The van der Waals surface area contributed by atoms with Crippen molar-refractivity contribution < 1.29 is 14.0 Å². The first-order valence-electron chi connectivity index (χ1n) is 9.69. The lowest BCUT2D eigenvalue weighted by molar-refractivity contribution is 0.104. The molecule has 3 aromatic rings. The van der Waals surface area contributed by atoms with Crippen LogP contribution in [0.15, 0.2) is 54.7 Å². The summed E-state index contributed by atoms with van der Waals surface area (Å²) in [7, 11) is 0. The van der Waals surface area contributed by atoms with Crippen LogP contribution in [0.4, 0.5) is 20.0 Å². The van der Waals surface area contributed by atoms with Crippen LogP contribution in [0.3, 0.4) is 0 Å². The van der Waals surface area contributed by atoms with Crippen LogP contribution < -0.4 is 16.0 Å². The SMILES string of the molecule is CCc1ccccc1C(=O)c1cnc(NCCCNC(=O)Nc2ccc(F)cc2)s1. The first-order valence-corrected chi connectivity index (χ1v) is 10.5. The summed E-state index contributed by atoms with van der Waals surface area (Å²) in [6.07, 6.45) is 3.07. The minimum atomic E-state index is -0.353. The molecular formula is C22H23FN4O2S. The fourth-order valence-corrected chi connectivity index (χ4v) is 3.63. The number of hydrogen-bond acceptors (Lipinski definition) is 5. The third kappa shape index (κ3) is 5.87. The predicted octanol–water partition coefficient (Wildman–Crippen LogP) is 4.70. The molecule has 0 spiro atoms. The van der Waals surface area contributed by atoms with Crippen molar-refractivity contribution in [1.82, 2.24) is 10.3 Å². The molecule has 0 saturated heterocycles. The number of nitrogens with one attached hydrogen (secondary N) is 3. The van der Waals surface area contributed by atoms with Crippen LogP contribution in [0.2, 0.25) is 0 Å². The molecule has 0 bridgehead atoms. The minimum absolute atomic E-state index is 0.0165. The molecule has 8 heteroatoms. The van der Waals surface area contributed by atoms with E-state index in [1.165, 1.54) is 35.6 Å². The highest BCUT2D eigenvalue weighted by Crippen LogP contribution is 2.23. The topological polar surface area (TPSA) is 83.1 Å². The number of rotatable bonds is 9. The first-order chi connectivity index (χ1) is 14.6. The molecule has 0 unspecified atom stereocenters. The number of amides is 2. The molecule has 2 aromatic carbocycles. The van der Waals surface area contributed by atoms with Crippen LogP contribution in [-0.2, 0) is 6.42 Å².